The maximum atomic E-state index is 11.4. The van der Waals surface area contributed by atoms with Crippen LogP contribution >= 0.6 is 0 Å². The van der Waals surface area contributed by atoms with Gasteiger partial charge in [-0.2, -0.15) is 0 Å². The molecule has 0 aromatic carbocycles. The molecule has 20 heavy (non-hydrogen) atoms. The Morgan fingerprint density at radius 2 is 1.30 bits per heavy atom. The van der Waals surface area contributed by atoms with Gasteiger partial charge in [0, 0.05) is 13.0 Å². The van der Waals surface area contributed by atoms with Gasteiger partial charge in [0.15, 0.2) is 0 Å². The van der Waals surface area contributed by atoms with Crippen molar-refractivity contribution in [2.45, 2.75) is 84.5 Å². The van der Waals surface area contributed by atoms with Crippen molar-refractivity contribution >= 4 is 5.97 Å². The highest BCUT2D eigenvalue weighted by atomic mass is 16.6. The van der Waals surface area contributed by atoms with Crippen LogP contribution in [0.5, 0.6) is 0 Å². The third-order valence-corrected chi connectivity index (χ3v) is 3.32. The molecule has 120 valence electrons. The fourth-order valence-corrected chi connectivity index (χ4v) is 2.11. The molecule has 0 aliphatic carbocycles. The monoisotopic (exact) mass is 286 g/mol. The third kappa shape index (κ3) is 15.5. The molecule has 0 bridgehead atoms. The molecule has 0 rings (SSSR count). The molecule has 0 amide bonds. The summed E-state index contributed by atoms with van der Waals surface area (Å²) >= 11 is 0. The van der Waals surface area contributed by atoms with E-state index in [1.54, 1.807) is 0 Å². The summed E-state index contributed by atoms with van der Waals surface area (Å²) in [5.41, 5.74) is 0. The Morgan fingerprint density at radius 1 is 0.700 bits per heavy atom. The van der Waals surface area contributed by atoms with Crippen LogP contribution in [-0.4, -0.2) is 25.8 Å². The minimum Gasteiger partial charge on any atom is -0.463 e. The van der Waals surface area contributed by atoms with Gasteiger partial charge in [-0.3, -0.25) is 4.79 Å². The molecule has 0 atom stereocenters. The van der Waals surface area contributed by atoms with E-state index in [0.717, 1.165) is 25.9 Å². The van der Waals surface area contributed by atoms with Crippen LogP contribution in [0.3, 0.4) is 0 Å². The molecule has 0 aliphatic heterocycles. The zero-order valence-corrected chi connectivity index (χ0v) is 13.6. The average Bonchev–Trinajstić information content (AvgIpc) is 2.45. The Bertz CT molecular complexity index is 204. The van der Waals surface area contributed by atoms with E-state index >= 15 is 0 Å². The molecular weight excluding hydrogens is 252 g/mol. The number of ether oxygens (including phenoxy) is 2. The van der Waals surface area contributed by atoms with Crippen LogP contribution in [0.4, 0.5) is 0 Å². The van der Waals surface area contributed by atoms with Crippen LogP contribution in [0.1, 0.15) is 84.5 Å². The Balaban J connectivity index is 3.11. The summed E-state index contributed by atoms with van der Waals surface area (Å²) in [4.78, 5) is 11.4. The first-order chi connectivity index (χ1) is 9.81. The number of esters is 1. The van der Waals surface area contributed by atoms with Gasteiger partial charge in [-0.1, -0.05) is 65.2 Å². The Kier molecular flexibility index (Phi) is 16.0. The number of unbranched alkanes of at least 4 members (excludes halogenated alkanes) is 8. The summed E-state index contributed by atoms with van der Waals surface area (Å²) in [6, 6.07) is 0. The topological polar surface area (TPSA) is 35.5 Å². The van der Waals surface area contributed by atoms with Crippen molar-refractivity contribution in [1.82, 2.24) is 0 Å². The first-order valence-corrected chi connectivity index (χ1v) is 8.54. The van der Waals surface area contributed by atoms with Gasteiger partial charge in [0.1, 0.15) is 6.61 Å². The lowest BCUT2D eigenvalue weighted by molar-refractivity contribution is -0.145. The Hall–Kier alpha value is -0.570. The van der Waals surface area contributed by atoms with Gasteiger partial charge in [-0.25, -0.2) is 0 Å². The third-order valence-electron chi connectivity index (χ3n) is 3.32. The molecule has 0 spiro atoms. The fraction of sp³-hybridized carbons (Fsp3) is 0.941. The SMILES string of the molecule is CCCCCCCCCCCC(=O)OCCOCCC. The summed E-state index contributed by atoms with van der Waals surface area (Å²) in [6.07, 6.45) is 13.0. The second kappa shape index (κ2) is 16.5. The smallest absolute Gasteiger partial charge is 0.305 e. The molecule has 0 unspecified atom stereocenters. The van der Waals surface area contributed by atoms with Gasteiger partial charge >= 0.3 is 5.97 Å². The molecule has 0 saturated carbocycles. The lowest BCUT2D eigenvalue weighted by atomic mass is 10.1. The molecule has 3 nitrogen and oxygen atoms in total. The maximum absolute atomic E-state index is 11.4. The van der Waals surface area contributed by atoms with E-state index in [4.69, 9.17) is 9.47 Å². The number of hydrogen-bond donors (Lipinski definition) is 0. The normalized spacial score (nSPS) is 10.7. The van der Waals surface area contributed by atoms with Crippen LogP contribution in [0, 0.1) is 0 Å². The minimum absolute atomic E-state index is 0.0759. The van der Waals surface area contributed by atoms with Crippen molar-refractivity contribution in [3.05, 3.63) is 0 Å². The van der Waals surface area contributed by atoms with E-state index in [2.05, 4.69) is 13.8 Å². The molecule has 0 aromatic heterocycles. The molecule has 0 N–H and O–H groups in total. The van der Waals surface area contributed by atoms with Crippen molar-refractivity contribution < 1.29 is 14.3 Å². The average molecular weight is 286 g/mol. The van der Waals surface area contributed by atoms with Crippen LogP contribution in [0.25, 0.3) is 0 Å². The molecule has 0 aromatic rings. The fourth-order valence-electron chi connectivity index (χ4n) is 2.11. The van der Waals surface area contributed by atoms with Crippen LogP contribution in [0.2, 0.25) is 0 Å². The lowest BCUT2D eigenvalue weighted by Gasteiger charge is -2.05. The minimum atomic E-state index is -0.0759. The Morgan fingerprint density at radius 3 is 1.90 bits per heavy atom. The number of carbonyl (C=O) groups excluding carboxylic acids is 1. The number of hydrogen-bond acceptors (Lipinski definition) is 3. The second-order valence-corrected chi connectivity index (χ2v) is 5.41. The summed E-state index contributed by atoms with van der Waals surface area (Å²) in [7, 11) is 0. The van der Waals surface area contributed by atoms with Crippen molar-refractivity contribution in [1.29, 1.82) is 0 Å². The van der Waals surface area contributed by atoms with Gasteiger partial charge in [0.05, 0.1) is 6.61 Å². The zero-order chi connectivity index (χ0) is 14.9. The molecule has 0 fully saturated rings. The zero-order valence-electron chi connectivity index (χ0n) is 13.6. The lowest BCUT2D eigenvalue weighted by Crippen LogP contribution is -2.10. The first kappa shape index (κ1) is 19.4. The summed E-state index contributed by atoms with van der Waals surface area (Å²) in [5, 5.41) is 0. The molecule has 0 aliphatic rings. The van der Waals surface area contributed by atoms with Crippen molar-refractivity contribution in [2.24, 2.45) is 0 Å². The predicted octanol–water partition coefficient (Wildman–Crippen LogP) is 4.88. The largest absolute Gasteiger partial charge is 0.463 e. The van der Waals surface area contributed by atoms with Gasteiger partial charge in [0.25, 0.3) is 0 Å². The van der Waals surface area contributed by atoms with Gasteiger partial charge in [0.2, 0.25) is 0 Å². The molecule has 3 heteroatoms. The highest BCUT2D eigenvalue weighted by Crippen LogP contribution is 2.10. The van der Waals surface area contributed by atoms with E-state index in [1.165, 1.54) is 44.9 Å². The number of carbonyl (C=O) groups is 1. The Labute approximate surface area is 125 Å². The quantitative estimate of drug-likeness (QED) is 0.318. The highest BCUT2D eigenvalue weighted by Gasteiger charge is 2.02. The standard InChI is InChI=1S/C17H34O3/c1-3-5-6-7-8-9-10-11-12-13-17(18)20-16-15-19-14-4-2/h3-16H2,1-2H3. The number of rotatable bonds is 15. The predicted molar refractivity (Wildman–Crippen MR) is 83.9 cm³/mol. The van der Waals surface area contributed by atoms with Crippen molar-refractivity contribution in [2.75, 3.05) is 19.8 Å². The van der Waals surface area contributed by atoms with Crippen LogP contribution in [0.15, 0.2) is 0 Å². The van der Waals surface area contributed by atoms with Gasteiger partial charge in [-0.05, 0) is 12.8 Å². The van der Waals surface area contributed by atoms with Gasteiger partial charge in [-0.15, -0.1) is 0 Å². The summed E-state index contributed by atoms with van der Waals surface area (Å²) in [6.45, 7) is 5.98. The molecular formula is C17H34O3. The molecule has 0 saturated heterocycles. The summed E-state index contributed by atoms with van der Waals surface area (Å²) < 4.78 is 10.4. The highest BCUT2D eigenvalue weighted by molar-refractivity contribution is 5.69. The van der Waals surface area contributed by atoms with Crippen LogP contribution < -0.4 is 0 Å². The van der Waals surface area contributed by atoms with E-state index in [-0.39, 0.29) is 5.97 Å². The summed E-state index contributed by atoms with van der Waals surface area (Å²) in [5.74, 6) is -0.0759. The van der Waals surface area contributed by atoms with Gasteiger partial charge < -0.3 is 9.47 Å². The maximum Gasteiger partial charge on any atom is 0.305 e. The van der Waals surface area contributed by atoms with Crippen molar-refractivity contribution in [3.63, 3.8) is 0 Å². The van der Waals surface area contributed by atoms with E-state index in [1.807, 2.05) is 0 Å². The van der Waals surface area contributed by atoms with E-state index < -0.39 is 0 Å². The van der Waals surface area contributed by atoms with E-state index in [9.17, 15) is 4.79 Å². The van der Waals surface area contributed by atoms with E-state index in [0.29, 0.717) is 19.6 Å². The van der Waals surface area contributed by atoms with Crippen LogP contribution in [-0.2, 0) is 14.3 Å². The first-order valence-electron chi connectivity index (χ1n) is 8.54. The molecule has 0 radical (unpaired) electrons. The van der Waals surface area contributed by atoms with Crippen molar-refractivity contribution in [3.8, 4) is 0 Å². The second-order valence-electron chi connectivity index (χ2n) is 5.41. The molecule has 0 heterocycles.